The minimum absolute atomic E-state index is 0.133. The van der Waals surface area contributed by atoms with E-state index in [1.807, 2.05) is 81.6 Å². The van der Waals surface area contributed by atoms with Crippen LogP contribution in [0.2, 0.25) is 16.6 Å². The van der Waals surface area contributed by atoms with Crippen LogP contribution in [0.5, 0.6) is 5.75 Å². The summed E-state index contributed by atoms with van der Waals surface area (Å²) in [6.07, 6.45) is 4.47. The van der Waals surface area contributed by atoms with Crippen molar-refractivity contribution in [1.82, 2.24) is 20.5 Å². The molecule has 1 aromatic heterocycles. The van der Waals surface area contributed by atoms with Crippen molar-refractivity contribution in [3.63, 3.8) is 0 Å². The second-order valence-corrected chi connectivity index (χ2v) is 22.7. The van der Waals surface area contributed by atoms with E-state index in [0.29, 0.717) is 35.0 Å². The number of likely N-dealkylation sites (N-methyl/N-ethyl adjacent to an activating group) is 1. The number of ether oxygens (including phenoxy) is 1. The highest BCUT2D eigenvalue weighted by Crippen LogP contribution is 2.43. The predicted molar refractivity (Wildman–Crippen MR) is 238 cm³/mol. The molecular formula is C47H70N4O6Si. The Morgan fingerprint density at radius 3 is 2.02 bits per heavy atom. The molecule has 3 N–H and O–H groups in total. The zero-order valence-electron chi connectivity index (χ0n) is 37.1. The smallest absolute Gasteiger partial charge is 0.308 e. The second-order valence-electron chi connectivity index (χ2n) is 17.3. The zero-order chi connectivity index (χ0) is 43.5. The molecule has 10 nitrogen and oxygen atoms in total. The molecule has 0 bridgehead atoms. The van der Waals surface area contributed by atoms with E-state index < -0.39 is 44.2 Å². The zero-order valence-corrected chi connectivity index (χ0v) is 38.1. The summed E-state index contributed by atoms with van der Waals surface area (Å²) in [6, 6.07) is 12.7. The molecule has 0 unspecified atom stereocenters. The molecule has 0 aliphatic rings. The normalized spacial score (nSPS) is 14.9. The second kappa shape index (κ2) is 21.4. The first kappa shape index (κ1) is 47.7. The number of nitrogens with one attached hydrogen (secondary N) is 3. The minimum Gasteiger partial charge on any atom is -0.543 e. The number of para-hydroxylation sites is 1. The Balaban J connectivity index is 2.02. The number of carbonyl (C=O) groups excluding carboxylic acids is 4. The number of hydrogen-bond acceptors (Lipinski definition) is 6. The number of fused-ring (bicyclic) bond motifs is 1. The van der Waals surface area contributed by atoms with Crippen LogP contribution in [-0.4, -0.2) is 67.1 Å². The fourth-order valence-corrected chi connectivity index (χ4v) is 13.6. The first-order chi connectivity index (χ1) is 27.2. The van der Waals surface area contributed by atoms with Gasteiger partial charge in [0.2, 0.25) is 17.7 Å². The molecule has 0 saturated heterocycles. The molecule has 3 aromatic rings. The summed E-state index contributed by atoms with van der Waals surface area (Å²) in [5.41, 5.74) is 4.45. The Labute approximate surface area is 348 Å². The lowest BCUT2D eigenvalue weighted by Crippen LogP contribution is -2.55. The summed E-state index contributed by atoms with van der Waals surface area (Å²) in [5, 5.41) is 6.90. The molecule has 3 rings (SSSR count). The van der Waals surface area contributed by atoms with Gasteiger partial charge in [0.1, 0.15) is 17.8 Å². The lowest BCUT2D eigenvalue weighted by Gasteiger charge is -2.42. The molecular weight excluding hydrogens is 745 g/mol. The highest BCUT2D eigenvalue weighted by Gasteiger charge is 2.47. The van der Waals surface area contributed by atoms with Crippen molar-refractivity contribution >= 4 is 42.9 Å². The molecule has 3 amide bonds. The summed E-state index contributed by atoms with van der Waals surface area (Å²) < 4.78 is 12.8. The van der Waals surface area contributed by atoms with Crippen LogP contribution in [0.1, 0.15) is 113 Å². The maximum Gasteiger partial charge on any atom is 0.308 e. The van der Waals surface area contributed by atoms with Gasteiger partial charge >= 0.3 is 5.97 Å². The lowest BCUT2D eigenvalue weighted by atomic mass is 9.99. The number of H-pyrrole nitrogens is 1. The number of rotatable bonds is 22. The molecule has 11 heteroatoms. The SMILES string of the molecule is C=C[C@H](C)C[C@H](C)OC(=O)C[C@@H](NC(=O)[C@@H](Cc1c[nH]c2ccccc12)N(C)C(=O)[C@H](C)NC(=O)[C@@H](C)CC(=C)C)c1ccc(O[Si](C(C)C)(C(C)C)C(C)C)cc1. The van der Waals surface area contributed by atoms with Crippen LogP contribution in [-0.2, 0) is 30.3 Å². The van der Waals surface area contributed by atoms with Crippen molar-refractivity contribution in [2.75, 3.05) is 7.05 Å². The number of aromatic amines is 1. The van der Waals surface area contributed by atoms with E-state index in [-0.39, 0.29) is 36.7 Å². The van der Waals surface area contributed by atoms with Gasteiger partial charge in [-0.25, -0.2) is 0 Å². The van der Waals surface area contributed by atoms with Crippen molar-refractivity contribution in [2.45, 2.75) is 143 Å². The van der Waals surface area contributed by atoms with E-state index in [1.165, 1.54) is 4.90 Å². The van der Waals surface area contributed by atoms with Crippen molar-refractivity contribution < 1.29 is 28.3 Å². The van der Waals surface area contributed by atoms with Crippen LogP contribution in [0.4, 0.5) is 0 Å². The third-order valence-electron chi connectivity index (χ3n) is 11.4. The molecule has 0 fully saturated rings. The number of aromatic nitrogens is 1. The standard InChI is InChI=1S/C47H70N4O6Si/c1-15-33(10)25-35(12)56-44(52)27-42(37-20-22-39(23-21-37)57-58(30(4)5,31(6)7)32(8)9)50-46(54)43(26-38-28-48-41-19-17-16-18-40(38)41)51(14)47(55)36(13)49-45(53)34(11)24-29(2)3/h15-23,28,30-36,42-43,48H,1-2,24-27H2,3-14H3,(H,49,53)(H,50,54)/t33-,34-,35-,36-,42+,43+/m0/s1. The van der Waals surface area contributed by atoms with Gasteiger partial charge in [-0.15, -0.1) is 13.2 Å². The topological polar surface area (TPSA) is 130 Å². The Hall–Kier alpha value is -4.64. The van der Waals surface area contributed by atoms with E-state index >= 15 is 0 Å². The first-order valence-electron chi connectivity index (χ1n) is 20.9. The Morgan fingerprint density at radius 2 is 1.45 bits per heavy atom. The van der Waals surface area contributed by atoms with E-state index in [2.05, 4.69) is 70.3 Å². The molecule has 318 valence electrons. The molecule has 1 heterocycles. The van der Waals surface area contributed by atoms with Crippen molar-refractivity contribution in [1.29, 1.82) is 0 Å². The third kappa shape index (κ3) is 12.4. The number of esters is 1. The highest BCUT2D eigenvalue weighted by molar-refractivity contribution is 6.78. The van der Waals surface area contributed by atoms with Gasteiger partial charge in [-0.05, 0) is 85.5 Å². The van der Waals surface area contributed by atoms with Crippen LogP contribution in [0, 0.1) is 11.8 Å². The molecule has 2 aromatic carbocycles. The van der Waals surface area contributed by atoms with E-state index in [9.17, 15) is 19.2 Å². The van der Waals surface area contributed by atoms with Gasteiger partial charge < -0.3 is 29.7 Å². The molecule has 0 radical (unpaired) electrons. The van der Waals surface area contributed by atoms with Gasteiger partial charge in [0.05, 0.1) is 18.6 Å². The van der Waals surface area contributed by atoms with E-state index in [1.54, 1.807) is 20.9 Å². The minimum atomic E-state index is -2.24. The Kier molecular flexibility index (Phi) is 17.6. The predicted octanol–water partition coefficient (Wildman–Crippen LogP) is 9.59. The fraction of sp³-hybridized carbons (Fsp3) is 0.532. The van der Waals surface area contributed by atoms with Crippen LogP contribution in [0.25, 0.3) is 10.9 Å². The molecule has 0 aliphatic carbocycles. The lowest BCUT2D eigenvalue weighted by molar-refractivity contribution is -0.149. The Bertz CT molecular complexity index is 1850. The monoisotopic (exact) mass is 815 g/mol. The molecule has 0 aliphatic heterocycles. The summed E-state index contributed by atoms with van der Waals surface area (Å²) in [4.78, 5) is 60.0. The van der Waals surface area contributed by atoms with Gasteiger partial charge in [0.15, 0.2) is 0 Å². The maximum absolute atomic E-state index is 14.7. The average Bonchev–Trinajstić information content (AvgIpc) is 3.56. The summed E-state index contributed by atoms with van der Waals surface area (Å²) in [6.45, 7) is 30.3. The van der Waals surface area contributed by atoms with Gasteiger partial charge in [-0.2, -0.15) is 0 Å². The van der Waals surface area contributed by atoms with Crippen LogP contribution < -0.4 is 15.1 Å². The van der Waals surface area contributed by atoms with Crippen molar-refractivity contribution in [3.05, 3.63) is 90.7 Å². The summed E-state index contributed by atoms with van der Waals surface area (Å²) in [7, 11) is -0.668. The number of nitrogens with zero attached hydrogens (tertiary/aromatic N) is 1. The molecule has 6 atom stereocenters. The van der Waals surface area contributed by atoms with Crippen LogP contribution >= 0.6 is 0 Å². The van der Waals surface area contributed by atoms with E-state index in [0.717, 1.165) is 27.8 Å². The van der Waals surface area contributed by atoms with Crippen LogP contribution in [0.15, 0.2) is 79.5 Å². The largest absolute Gasteiger partial charge is 0.543 e. The number of hydrogen-bond donors (Lipinski definition) is 3. The molecule has 58 heavy (non-hydrogen) atoms. The van der Waals surface area contributed by atoms with Crippen LogP contribution in [0.3, 0.4) is 0 Å². The number of allylic oxidation sites excluding steroid dienone is 2. The first-order valence-corrected chi connectivity index (χ1v) is 23.0. The third-order valence-corrected chi connectivity index (χ3v) is 17.5. The quantitative estimate of drug-likeness (QED) is 0.0527. The van der Waals surface area contributed by atoms with Gasteiger partial charge in [-0.3, -0.25) is 19.2 Å². The Morgan fingerprint density at radius 1 is 0.845 bits per heavy atom. The van der Waals surface area contributed by atoms with Gasteiger partial charge in [0.25, 0.3) is 8.32 Å². The number of amides is 3. The molecule has 0 spiro atoms. The highest BCUT2D eigenvalue weighted by atomic mass is 28.4. The fourth-order valence-electron chi connectivity index (χ4n) is 8.36. The van der Waals surface area contributed by atoms with Gasteiger partial charge in [-0.1, -0.05) is 97.4 Å². The van der Waals surface area contributed by atoms with Gasteiger partial charge in [0, 0.05) is 36.5 Å². The summed E-state index contributed by atoms with van der Waals surface area (Å²) in [5.74, 6) is -1.07. The van der Waals surface area contributed by atoms with Crippen molar-refractivity contribution in [2.24, 2.45) is 11.8 Å². The van der Waals surface area contributed by atoms with Crippen molar-refractivity contribution in [3.8, 4) is 5.75 Å². The summed E-state index contributed by atoms with van der Waals surface area (Å²) >= 11 is 0. The molecule has 0 saturated carbocycles. The number of carbonyl (C=O) groups is 4. The van der Waals surface area contributed by atoms with E-state index in [4.69, 9.17) is 9.16 Å². The number of benzene rings is 2. The average molecular weight is 815 g/mol. The maximum atomic E-state index is 14.7.